The van der Waals surface area contributed by atoms with E-state index in [2.05, 4.69) is 10.3 Å². The zero-order chi connectivity index (χ0) is 5.98. The van der Waals surface area contributed by atoms with E-state index in [0.717, 1.165) is 10.9 Å². The van der Waals surface area contributed by atoms with Crippen molar-refractivity contribution in [3.05, 3.63) is 0 Å². The smallest absolute Gasteiger partial charge is 0.157 e. The van der Waals surface area contributed by atoms with E-state index in [0.29, 0.717) is 0 Å². The molecule has 0 bridgehead atoms. The summed E-state index contributed by atoms with van der Waals surface area (Å²) >= 11 is 1.66. The van der Waals surface area contributed by atoms with Crippen LogP contribution in [0, 0.1) is 0 Å². The standard InChI is InChI=1S/C4H9N3S/c1-6-4-7-3(5)2-8-4/h3H,2,5H2,1H3,(H,6,7). The van der Waals surface area contributed by atoms with E-state index in [1.807, 2.05) is 0 Å². The molecule has 46 valence electrons. The first-order valence-corrected chi connectivity index (χ1v) is 3.43. The molecule has 3 N–H and O–H groups in total. The number of rotatable bonds is 0. The molecule has 0 spiro atoms. The van der Waals surface area contributed by atoms with Gasteiger partial charge in [-0.1, -0.05) is 11.8 Å². The topological polar surface area (TPSA) is 50.4 Å². The molecule has 0 amide bonds. The van der Waals surface area contributed by atoms with Crippen molar-refractivity contribution in [2.24, 2.45) is 10.7 Å². The van der Waals surface area contributed by atoms with E-state index < -0.39 is 0 Å². The van der Waals surface area contributed by atoms with Crippen LogP contribution in [-0.4, -0.2) is 24.1 Å². The minimum absolute atomic E-state index is 0.110. The van der Waals surface area contributed by atoms with Crippen LogP contribution in [0.2, 0.25) is 0 Å². The predicted molar refractivity (Wildman–Crippen MR) is 36.9 cm³/mol. The summed E-state index contributed by atoms with van der Waals surface area (Å²) in [6, 6.07) is 0. The van der Waals surface area contributed by atoms with Crippen molar-refractivity contribution >= 4 is 16.9 Å². The molecule has 4 heteroatoms. The van der Waals surface area contributed by atoms with Crippen molar-refractivity contribution in [1.82, 2.24) is 5.32 Å². The number of hydrogen-bond acceptors (Lipinski definition) is 3. The summed E-state index contributed by atoms with van der Waals surface area (Å²) in [6.45, 7) is 0. The molecule has 1 aliphatic heterocycles. The summed E-state index contributed by atoms with van der Waals surface area (Å²) in [5.74, 6) is 0.937. The fourth-order valence-corrected chi connectivity index (χ4v) is 1.32. The quantitative estimate of drug-likeness (QED) is 0.470. The Bertz CT molecular complexity index is 112. The summed E-state index contributed by atoms with van der Waals surface area (Å²) in [5, 5.41) is 3.95. The number of aliphatic imine (C=N–C) groups is 1. The number of nitrogens with two attached hydrogens (primary N) is 1. The summed E-state index contributed by atoms with van der Waals surface area (Å²) < 4.78 is 0. The molecule has 0 aromatic rings. The van der Waals surface area contributed by atoms with Crippen LogP contribution in [0.4, 0.5) is 0 Å². The third kappa shape index (κ3) is 1.14. The Morgan fingerprint density at radius 3 is 3.00 bits per heavy atom. The third-order valence-corrected chi connectivity index (χ3v) is 2.01. The second-order valence-corrected chi connectivity index (χ2v) is 2.60. The van der Waals surface area contributed by atoms with Gasteiger partial charge in [0, 0.05) is 12.8 Å². The lowest BCUT2D eigenvalue weighted by molar-refractivity contribution is 0.730. The molecule has 8 heavy (non-hydrogen) atoms. The highest BCUT2D eigenvalue weighted by Gasteiger charge is 2.13. The average molecular weight is 131 g/mol. The highest BCUT2D eigenvalue weighted by Crippen LogP contribution is 2.08. The second kappa shape index (κ2) is 2.37. The Morgan fingerprint density at radius 1 is 2.00 bits per heavy atom. The molecule has 1 unspecified atom stereocenters. The molecule has 0 saturated carbocycles. The van der Waals surface area contributed by atoms with Crippen molar-refractivity contribution in [1.29, 1.82) is 0 Å². The van der Waals surface area contributed by atoms with Crippen LogP contribution in [-0.2, 0) is 0 Å². The van der Waals surface area contributed by atoms with Crippen LogP contribution in [0.3, 0.4) is 0 Å². The van der Waals surface area contributed by atoms with Gasteiger partial charge < -0.3 is 11.1 Å². The van der Waals surface area contributed by atoms with Crippen LogP contribution >= 0.6 is 11.8 Å². The molecule has 1 fully saturated rings. The number of thioether (sulfide) groups is 1. The van der Waals surface area contributed by atoms with E-state index in [1.54, 1.807) is 18.8 Å². The van der Waals surface area contributed by atoms with Crippen molar-refractivity contribution in [2.75, 3.05) is 12.8 Å². The molecule has 0 aromatic heterocycles. The summed E-state index contributed by atoms with van der Waals surface area (Å²) in [5.41, 5.74) is 5.49. The maximum atomic E-state index is 5.49. The lowest BCUT2D eigenvalue weighted by Gasteiger charge is -1.97. The maximum absolute atomic E-state index is 5.49. The molecule has 0 aromatic carbocycles. The van der Waals surface area contributed by atoms with Crippen LogP contribution < -0.4 is 11.1 Å². The Kier molecular flexibility index (Phi) is 1.75. The molecule has 1 heterocycles. The summed E-state index contributed by atoms with van der Waals surface area (Å²) in [7, 11) is 1.76. The minimum atomic E-state index is 0.110. The molecular weight excluding hydrogens is 122 g/mol. The van der Waals surface area contributed by atoms with Gasteiger partial charge in [0.25, 0.3) is 0 Å². The van der Waals surface area contributed by atoms with Crippen molar-refractivity contribution in [3.8, 4) is 0 Å². The van der Waals surface area contributed by atoms with E-state index >= 15 is 0 Å². The summed E-state index contributed by atoms with van der Waals surface area (Å²) in [6.07, 6.45) is 0.110. The summed E-state index contributed by atoms with van der Waals surface area (Å²) in [4.78, 5) is 3.93. The van der Waals surface area contributed by atoms with Gasteiger partial charge >= 0.3 is 0 Å². The first-order chi connectivity index (χ1) is 3.83. The Hall–Kier alpha value is -0.220. The Labute approximate surface area is 52.7 Å². The Balaban J connectivity index is 2.44. The highest BCUT2D eigenvalue weighted by atomic mass is 32.2. The molecule has 0 radical (unpaired) electrons. The number of hydrogen-bond donors (Lipinski definition) is 2. The van der Waals surface area contributed by atoms with E-state index in [9.17, 15) is 0 Å². The van der Waals surface area contributed by atoms with E-state index in [1.165, 1.54) is 0 Å². The zero-order valence-corrected chi connectivity index (χ0v) is 5.53. The first kappa shape index (κ1) is 5.91. The minimum Gasteiger partial charge on any atom is -0.349 e. The van der Waals surface area contributed by atoms with Gasteiger partial charge in [-0.05, 0) is 0 Å². The van der Waals surface area contributed by atoms with Crippen LogP contribution in [0.1, 0.15) is 0 Å². The molecule has 0 aliphatic carbocycles. The predicted octanol–water partition coefficient (Wildman–Crippen LogP) is -0.407. The van der Waals surface area contributed by atoms with Crippen LogP contribution in [0.5, 0.6) is 0 Å². The number of nitrogens with zero attached hydrogens (tertiary/aromatic N) is 1. The van der Waals surface area contributed by atoms with Gasteiger partial charge in [-0.3, -0.25) is 4.99 Å². The normalized spacial score (nSPS) is 33.2. The lowest BCUT2D eigenvalue weighted by Crippen LogP contribution is -2.34. The van der Waals surface area contributed by atoms with Gasteiger partial charge in [0.2, 0.25) is 0 Å². The lowest BCUT2D eigenvalue weighted by atomic mass is 10.6. The maximum Gasteiger partial charge on any atom is 0.157 e. The third-order valence-electron chi connectivity index (χ3n) is 0.912. The van der Waals surface area contributed by atoms with E-state index in [-0.39, 0.29) is 6.17 Å². The molecule has 1 rings (SSSR count). The molecule has 3 nitrogen and oxygen atoms in total. The fourth-order valence-electron chi connectivity index (χ4n) is 0.540. The van der Waals surface area contributed by atoms with Crippen molar-refractivity contribution in [3.63, 3.8) is 0 Å². The SMILES string of the molecule is C/N=C1/NC(N)CS1. The monoisotopic (exact) mass is 131 g/mol. The average Bonchev–Trinajstić information content (AvgIpc) is 2.14. The second-order valence-electron chi connectivity index (χ2n) is 1.59. The van der Waals surface area contributed by atoms with Crippen molar-refractivity contribution < 1.29 is 0 Å². The number of amidine groups is 1. The van der Waals surface area contributed by atoms with Gasteiger partial charge in [0.1, 0.15) is 0 Å². The zero-order valence-electron chi connectivity index (χ0n) is 4.72. The molecular formula is C4H9N3S. The fraction of sp³-hybridized carbons (Fsp3) is 0.750. The van der Waals surface area contributed by atoms with Gasteiger partial charge in [0.05, 0.1) is 6.17 Å². The number of nitrogens with one attached hydrogen (secondary N) is 1. The molecule has 1 aliphatic rings. The van der Waals surface area contributed by atoms with Crippen LogP contribution in [0.15, 0.2) is 4.99 Å². The van der Waals surface area contributed by atoms with E-state index in [4.69, 9.17) is 5.73 Å². The molecule has 1 atom stereocenters. The van der Waals surface area contributed by atoms with Crippen molar-refractivity contribution in [2.45, 2.75) is 6.17 Å². The highest BCUT2D eigenvalue weighted by molar-refractivity contribution is 8.14. The van der Waals surface area contributed by atoms with Gasteiger partial charge in [-0.15, -0.1) is 0 Å². The first-order valence-electron chi connectivity index (χ1n) is 2.44. The largest absolute Gasteiger partial charge is 0.349 e. The molecule has 1 saturated heterocycles. The van der Waals surface area contributed by atoms with Crippen LogP contribution in [0.25, 0.3) is 0 Å². The van der Waals surface area contributed by atoms with Gasteiger partial charge in [-0.25, -0.2) is 0 Å². The van der Waals surface area contributed by atoms with Gasteiger partial charge in [0.15, 0.2) is 5.17 Å². The Morgan fingerprint density at radius 2 is 2.75 bits per heavy atom. The van der Waals surface area contributed by atoms with Gasteiger partial charge in [-0.2, -0.15) is 0 Å².